The van der Waals surface area contributed by atoms with Crippen LogP contribution in [-0.4, -0.2) is 30.1 Å². The van der Waals surface area contributed by atoms with Gasteiger partial charge in [0.2, 0.25) is 5.03 Å². The minimum atomic E-state index is -3.72. The zero-order valence-corrected chi connectivity index (χ0v) is 14.1. The van der Waals surface area contributed by atoms with Crippen LogP contribution in [0.5, 0.6) is 0 Å². The lowest BCUT2D eigenvalue weighted by Gasteiger charge is -2.06. The number of rotatable bonds is 5. The van der Waals surface area contributed by atoms with Crippen LogP contribution in [0.3, 0.4) is 0 Å². The average molecular weight is 371 g/mol. The lowest BCUT2D eigenvalue weighted by molar-refractivity contribution is 0.578. The highest BCUT2D eigenvalue weighted by Crippen LogP contribution is 2.23. The summed E-state index contributed by atoms with van der Waals surface area (Å²) in [6, 6.07) is 8.51. The van der Waals surface area contributed by atoms with Gasteiger partial charge in [0.15, 0.2) is 5.65 Å². The maximum atomic E-state index is 12.3. The summed E-state index contributed by atoms with van der Waals surface area (Å²) in [6.07, 6.45) is 2.05. The number of fused-ring (bicyclic) bond motifs is 1. The fraction of sp³-hybridized carbons (Fsp3) is 0.143. The molecule has 0 amide bonds. The van der Waals surface area contributed by atoms with Crippen molar-refractivity contribution in [2.45, 2.75) is 11.4 Å². The normalized spacial score (nSPS) is 11.9. The Morgan fingerprint density at radius 3 is 2.78 bits per heavy atom. The summed E-state index contributed by atoms with van der Waals surface area (Å²) in [7, 11) is -3.72. The lowest BCUT2D eigenvalue weighted by atomic mass is 10.1. The quantitative estimate of drug-likeness (QED) is 0.722. The lowest BCUT2D eigenvalue weighted by Crippen LogP contribution is -2.26. The second-order valence-electron chi connectivity index (χ2n) is 4.82. The minimum absolute atomic E-state index is 0.0604. The van der Waals surface area contributed by atoms with Gasteiger partial charge >= 0.3 is 0 Å². The van der Waals surface area contributed by atoms with E-state index in [1.54, 1.807) is 36.5 Å². The Labute approximate surface area is 142 Å². The van der Waals surface area contributed by atoms with Crippen molar-refractivity contribution in [3.05, 3.63) is 52.1 Å². The molecule has 0 atom stereocenters. The Morgan fingerprint density at radius 1 is 1.17 bits per heavy atom. The number of halogens is 2. The summed E-state index contributed by atoms with van der Waals surface area (Å²) in [4.78, 5) is 4.02. The highest BCUT2D eigenvalue weighted by molar-refractivity contribution is 7.89. The number of sulfonamides is 1. The number of pyridine rings is 1. The number of aromatic nitrogens is 3. The zero-order valence-electron chi connectivity index (χ0n) is 11.8. The number of nitrogens with one attached hydrogen (secondary N) is 2. The maximum absolute atomic E-state index is 12.3. The van der Waals surface area contributed by atoms with E-state index >= 15 is 0 Å². The SMILES string of the molecule is O=S(=O)(NCCc1ccc(Cl)c(Cl)c1)c1n[nH]c2ncccc12. The summed E-state index contributed by atoms with van der Waals surface area (Å²) in [6.45, 7) is 0.217. The second kappa shape index (κ2) is 6.45. The van der Waals surface area contributed by atoms with Crippen molar-refractivity contribution in [3.8, 4) is 0 Å². The molecule has 2 heterocycles. The highest BCUT2D eigenvalue weighted by Gasteiger charge is 2.20. The van der Waals surface area contributed by atoms with Crippen LogP contribution in [0.2, 0.25) is 10.0 Å². The molecule has 9 heteroatoms. The molecule has 0 aliphatic carbocycles. The zero-order chi connectivity index (χ0) is 16.4. The van der Waals surface area contributed by atoms with Gasteiger partial charge in [-0.2, -0.15) is 5.10 Å². The molecular formula is C14H12Cl2N4O2S. The molecule has 0 saturated carbocycles. The molecule has 120 valence electrons. The fourth-order valence-electron chi connectivity index (χ4n) is 2.13. The van der Waals surface area contributed by atoms with E-state index in [2.05, 4.69) is 19.9 Å². The Balaban J connectivity index is 1.73. The van der Waals surface area contributed by atoms with E-state index in [0.717, 1.165) is 5.56 Å². The van der Waals surface area contributed by atoms with Crippen LogP contribution in [0.4, 0.5) is 0 Å². The van der Waals surface area contributed by atoms with Crippen molar-refractivity contribution in [2.24, 2.45) is 0 Å². The molecule has 0 aliphatic rings. The standard InChI is InChI=1S/C14H12Cl2N4O2S/c15-11-4-3-9(8-12(11)16)5-7-18-23(21,22)14-10-2-1-6-17-13(10)19-20-14/h1-4,6,8,18H,5,7H2,(H,17,19,20). The van der Waals surface area contributed by atoms with Crippen LogP contribution < -0.4 is 4.72 Å². The van der Waals surface area contributed by atoms with Crippen LogP contribution in [0.15, 0.2) is 41.6 Å². The predicted molar refractivity (Wildman–Crippen MR) is 89.2 cm³/mol. The van der Waals surface area contributed by atoms with E-state index in [-0.39, 0.29) is 11.6 Å². The third-order valence-corrected chi connectivity index (χ3v) is 5.39. The smallest absolute Gasteiger partial charge is 0.259 e. The summed E-state index contributed by atoms with van der Waals surface area (Å²) in [5.41, 5.74) is 1.31. The number of aromatic amines is 1. The molecule has 3 rings (SSSR count). The third kappa shape index (κ3) is 3.48. The van der Waals surface area contributed by atoms with E-state index in [0.29, 0.717) is 27.5 Å². The summed E-state index contributed by atoms with van der Waals surface area (Å²) >= 11 is 11.8. The van der Waals surface area contributed by atoms with Gasteiger partial charge in [-0.1, -0.05) is 29.3 Å². The van der Waals surface area contributed by atoms with Gasteiger partial charge in [-0.15, -0.1) is 0 Å². The molecule has 0 spiro atoms. The molecule has 6 nitrogen and oxygen atoms in total. The average Bonchev–Trinajstić information content (AvgIpc) is 2.95. The topological polar surface area (TPSA) is 87.7 Å². The van der Waals surface area contributed by atoms with Crippen molar-refractivity contribution in [3.63, 3.8) is 0 Å². The molecule has 2 N–H and O–H groups in total. The van der Waals surface area contributed by atoms with Crippen molar-refractivity contribution in [2.75, 3.05) is 6.54 Å². The van der Waals surface area contributed by atoms with Gasteiger partial charge in [0.1, 0.15) is 0 Å². The van der Waals surface area contributed by atoms with Gasteiger partial charge in [0.25, 0.3) is 10.0 Å². The molecule has 2 aromatic heterocycles. The van der Waals surface area contributed by atoms with E-state index in [4.69, 9.17) is 23.2 Å². The first kappa shape index (κ1) is 16.2. The van der Waals surface area contributed by atoms with Crippen LogP contribution in [0, 0.1) is 0 Å². The first-order valence-corrected chi connectivity index (χ1v) is 8.94. The molecule has 0 radical (unpaired) electrons. The summed E-state index contributed by atoms with van der Waals surface area (Å²) in [5.74, 6) is 0. The Morgan fingerprint density at radius 2 is 2.00 bits per heavy atom. The molecule has 0 saturated heterocycles. The number of hydrogen-bond acceptors (Lipinski definition) is 4. The van der Waals surface area contributed by atoms with Crippen molar-refractivity contribution in [1.82, 2.24) is 19.9 Å². The first-order valence-electron chi connectivity index (χ1n) is 6.70. The van der Waals surface area contributed by atoms with Gasteiger partial charge < -0.3 is 0 Å². The highest BCUT2D eigenvalue weighted by atomic mass is 35.5. The number of benzene rings is 1. The number of hydrogen-bond donors (Lipinski definition) is 2. The van der Waals surface area contributed by atoms with Gasteiger partial charge in [0.05, 0.1) is 15.4 Å². The van der Waals surface area contributed by atoms with Gasteiger partial charge in [-0.25, -0.2) is 18.1 Å². The fourth-order valence-corrected chi connectivity index (χ4v) is 3.58. The Bertz CT molecular complexity index is 956. The molecular weight excluding hydrogens is 359 g/mol. The third-order valence-electron chi connectivity index (χ3n) is 3.25. The minimum Gasteiger partial charge on any atom is -0.259 e. The molecule has 0 bridgehead atoms. The number of nitrogens with zero attached hydrogens (tertiary/aromatic N) is 2. The summed E-state index contributed by atoms with van der Waals surface area (Å²) in [5, 5.41) is 7.74. The van der Waals surface area contributed by atoms with Crippen molar-refractivity contribution >= 4 is 44.3 Å². The van der Waals surface area contributed by atoms with Crippen LogP contribution in [0.25, 0.3) is 11.0 Å². The largest absolute Gasteiger partial charge is 0.260 e. The van der Waals surface area contributed by atoms with Crippen LogP contribution in [0.1, 0.15) is 5.56 Å². The molecule has 23 heavy (non-hydrogen) atoms. The molecule has 0 unspecified atom stereocenters. The van der Waals surface area contributed by atoms with E-state index in [9.17, 15) is 8.42 Å². The Hall–Kier alpha value is -1.67. The van der Waals surface area contributed by atoms with E-state index in [1.807, 2.05) is 0 Å². The second-order valence-corrected chi connectivity index (χ2v) is 7.32. The van der Waals surface area contributed by atoms with E-state index < -0.39 is 10.0 Å². The van der Waals surface area contributed by atoms with E-state index in [1.165, 1.54) is 0 Å². The summed E-state index contributed by atoms with van der Waals surface area (Å²) < 4.78 is 27.2. The number of H-pyrrole nitrogens is 1. The first-order chi connectivity index (χ1) is 11.0. The predicted octanol–water partition coefficient (Wildman–Crippen LogP) is 2.79. The van der Waals surface area contributed by atoms with Crippen LogP contribution in [-0.2, 0) is 16.4 Å². The van der Waals surface area contributed by atoms with Gasteiger partial charge in [0, 0.05) is 12.7 Å². The monoisotopic (exact) mass is 370 g/mol. The maximum Gasteiger partial charge on any atom is 0.260 e. The van der Waals surface area contributed by atoms with Crippen molar-refractivity contribution < 1.29 is 8.42 Å². The van der Waals surface area contributed by atoms with Gasteiger partial charge in [-0.3, -0.25) is 5.10 Å². The Kier molecular flexibility index (Phi) is 4.54. The van der Waals surface area contributed by atoms with Crippen molar-refractivity contribution in [1.29, 1.82) is 0 Å². The molecule has 1 aromatic carbocycles. The molecule has 0 fully saturated rings. The molecule has 3 aromatic rings. The van der Waals surface area contributed by atoms with Crippen LogP contribution >= 0.6 is 23.2 Å². The van der Waals surface area contributed by atoms with Gasteiger partial charge in [-0.05, 0) is 36.2 Å². The molecule has 0 aliphatic heterocycles.